The Morgan fingerprint density at radius 3 is 2.83 bits per heavy atom. The zero-order chi connectivity index (χ0) is 16.0. The van der Waals surface area contributed by atoms with Crippen molar-refractivity contribution >= 4 is 17.3 Å². The lowest BCUT2D eigenvalue weighted by atomic mass is 10.1. The van der Waals surface area contributed by atoms with Crippen LogP contribution in [0.4, 0.5) is 11.4 Å². The number of amides is 1. The van der Waals surface area contributed by atoms with E-state index in [0.717, 1.165) is 5.56 Å². The van der Waals surface area contributed by atoms with Crippen LogP contribution in [-0.4, -0.2) is 24.2 Å². The van der Waals surface area contributed by atoms with E-state index in [1.54, 1.807) is 24.3 Å². The number of nitro benzene ring substituents is 1. The van der Waals surface area contributed by atoms with E-state index in [-0.39, 0.29) is 18.4 Å². The van der Waals surface area contributed by atoms with E-state index >= 15 is 0 Å². The molecule has 2 aromatic rings. The zero-order valence-corrected chi connectivity index (χ0v) is 12.0. The number of carbonyl (C=O) groups excluding carboxylic acids is 1. The maximum Gasteiger partial charge on any atom is 0.293 e. The number of hydrogen-bond acceptors (Lipinski definition) is 5. The van der Waals surface area contributed by atoms with Crippen LogP contribution in [0.5, 0.6) is 11.5 Å². The van der Waals surface area contributed by atoms with Gasteiger partial charge in [0, 0.05) is 18.2 Å². The predicted octanol–water partition coefficient (Wildman–Crippen LogP) is 2.53. The smallest absolute Gasteiger partial charge is 0.293 e. The molecular formula is C16H12N2O5. The molecule has 0 saturated carbocycles. The molecule has 0 radical (unpaired) electrons. The van der Waals surface area contributed by atoms with Gasteiger partial charge in [-0.25, -0.2) is 0 Å². The number of carbonyl (C=O) groups is 1. The van der Waals surface area contributed by atoms with Crippen LogP contribution < -0.4 is 14.4 Å². The van der Waals surface area contributed by atoms with Crippen molar-refractivity contribution in [2.75, 3.05) is 18.2 Å². The minimum atomic E-state index is -0.454. The molecule has 2 aromatic carbocycles. The van der Waals surface area contributed by atoms with Gasteiger partial charge in [-0.2, -0.15) is 0 Å². The fourth-order valence-corrected chi connectivity index (χ4v) is 2.97. The number of anilines is 1. The zero-order valence-electron chi connectivity index (χ0n) is 12.0. The first-order valence-corrected chi connectivity index (χ1v) is 7.13. The van der Waals surface area contributed by atoms with E-state index in [0.29, 0.717) is 35.7 Å². The second-order valence-electron chi connectivity index (χ2n) is 5.32. The summed E-state index contributed by atoms with van der Waals surface area (Å²) in [7, 11) is 0. The lowest BCUT2D eigenvalue weighted by Crippen LogP contribution is -2.29. The van der Waals surface area contributed by atoms with Crippen molar-refractivity contribution in [3.8, 4) is 11.5 Å². The van der Waals surface area contributed by atoms with Crippen LogP contribution in [0, 0.1) is 10.1 Å². The lowest BCUT2D eigenvalue weighted by molar-refractivity contribution is -0.384. The van der Waals surface area contributed by atoms with Gasteiger partial charge in [0.15, 0.2) is 11.5 Å². The van der Waals surface area contributed by atoms with Gasteiger partial charge in [0.25, 0.3) is 11.6 Å². The summed E-state index contributed by atoms with van der Waals surface area (Å²) in [4.78, 5) is 25.1. The molecule has 0 spiro atoms. The molecule has 0 aromatic heterocycles. The first-order valence-electron chi connectivity index (χ1n) is 7.13. The molecule has 7 heteroatoms. The van der Waals surface area contributed by atoms with Gasteiger partial charge in [-0.1, -0.05) is 12.1 Å². The largest absolute Gasteiger partial charge is 0.454 e. The average molecular weight is 312 g/mol. The first kappa shape index (κ1) is 13.6. The number of hydrogen-bond donors (Lipinski definition) is 0. The molecule has 7 nitrogen and oxygen atoms in total. The van der Waals surface area contributed by atoms with E-state index in [4.69, 9.17) is 9.47 Å². The third-order valence-corrected chi connectivity index (χ3v) is 4.03. The molecule has 1 amide bonds. The Labute approximate surface area is 131 Å². The quantitative estimate of drug-likeness (QED) is 0.628. The highest BCUT2D eigenvalue weighted by molar-refractivity contribution is 6.09. The molecule has 2 aliphatic heterocycles. The van der Waals surface area contributed by atoms with Crippen molar-refractivity contribution in [3.63, 3.8) is 0 Å². The Hall–Kier alpha value is -3.09. The van der Waals surface area contributed by atoms with Gasteiger partial charge in [0.2, 0.25) is 6.79 Å². The maximum absolute atomic E-state index is 12.8. The SMILES string of the molecule is O=C(c1ccc2c(c1)OCO2)N1CCc2cccc([N+](=O)[O-])c21. The molecule has 0 saturated heterocycles. The number of nitro groups is 1. The third kappa shape index (κ3) is 2.09. The Kier molecular flexibility index (Phi) is 2.94. The van der Waals surface area contributed by atoms with Gasteiger partial charge in [-0.05, 0) is 30.2 Å². The van der Waals surface area contributed by atoms with Crippen LogP contribution in [0.25, 0.3) is 0 Å². The molecule has 0 fully saturated rings. The van der Waals surface area contributed by atoms with Crippen molar-refractivity contribution in [3.05, 3.63) is 57.6 Å². The second-order valence-corrected chi connectivity index (χ2v) is 5.32. The summed E-state index contributed by atoms with van der Waals surface area (Å²) in [5.41, 5.74) is 1.57. The van der Waals surface area contributed by atoms with Gasteiger partial charge in [0.1, 0.15) is 5.69 Å². The number of nitrogens with zero attached hydrogens (tertiary/aromatic N) is 2. The topological polar surface area (TPSA) is 81.9 Å². The Morgan fingerprint density at radius 1 is 1.17 bits per heavy atom. The average Bonchev–Trinajstić information content (AvgIpc) is 3.19. The molecule has 0 bridgehead atoms. The summed E-state index contributed by atoms with van der Waals surface area (Å²) in [5, 5.41) is 11.2. The van der Waals surface area contributed by atoms with Gasteiger partial charge >= 0.3 is 0 Å². The monoisotopic (exact) mass is 312 g/mol. The van der Waals surface area contributed by atoms with Crippen molar-refractivity contribution < 1.29 is 19.2 Å². The second kappa shape index (κ2) is 4.98. The minimum Gasteiger partial charge on any atom is -0.454 e. The number of benzene rings is 2. The summed E-state index contributed by atoms with van der Waals surface area (Å²) in [6, 6.07) is 9.80. The van der Waals surface area contributed by atoms with Gasteiger partial charge in [-0.15, -0.1) is 0 Å². The fraction of sp³-hybridized carbons (Fsp3) is 0.188. The number of ether oxygens (including phenoxy) is 2. The first-order chi connectivity index (χ1) is 11.1. The normalized spacial score (nSPS) is 14.7. The Morgan fingerprint density at radius 2 is 2.00 bits per heavy atom. The molecule has 2 heterocycles. The number of fused-ring (bicyclic) bond motifs is 2. The van der Waals surface area contributed by atoms with Crippen molar-refractivity contribution in [2.45, 2.75) is 6.42 Å². The van der Waals surface area contributed by atoms with E-state index in [1.807, 2.05) is 6.07 Å². The highest BCUT2D eigenvalue weighted by Crippen LogP contribution is 2.39. The summed E-state index contributed by atoms with van der Waals surface area (Å²) < 4.78 is 10.5. The predicted molar refractivity (Wildman–Crippen MR) is 81.0 cm³/mol. The maximum atomic E-state index is 12.8. The molecule has 0 unspecified atom stereocenters. The summed E-state index contributed by atoms with van der Waals surface area (Å²) in [6.45, 7) is 0.554. The molecule has 23 heavy (non-hydrogen) atoms. The van der Waals surface area contributed by atoms with Crippen LogP contribution in [0.2, 0.25) is 0 Å². The fourth-order valence-electron chi connectivity index (χ4n) is 2.97. The standard InChI is InChI=1S/C16H12N2O5/c19-16(11-4-5-13-14(8-11)23-9-22-13)17-7-6-10-2-1-3-12(15(10)17)18(20)21/h1-5,8H,6-7,9H2. The van der Waals surface area contributed by atoms with Crippen LogP contribution in [-0.2, 0) is 6.42 Å². The Bertz CT molecular complexity index is 833. The minimum absolute atomic E-state index is 0.0471. The van der Waals surface area contributed by atoms with E-state index in [9.17, 15) is 14.9 Å². The lowest BCUT2D eigenvalue weighted by Gasteiger charge is -2.17. The molecule has 0 N–H and O–H groups in total. The Balaban J connectivity index is 1.74. The highest BCUT2D eigenvalue weighted by Gasteiger charge is 2.33. The number of rotatable bonds is 2. The van der Waals surface area contributed by atoms with Crippen LogP contribution >= 0.6 is 0 Å². The molecule has 116 valence electrons. The van der Waals surface area contributed by atoms with Crippen molar-refractivity contribution in [1.82, 2.24) is 0 Å². The van der Waals surface area contributed by atoms with Gasteiger partial charge in [-0.3, -0.25) is 14.9 Å². The number of para-hydroxylation sites is 1. The van der Waals surface area contributed by atoms with Crippen LogP contribution in [0.3, 0.4) is 0 Å². The van der Waals surface area contributed by atoms with Crippen LogP contribution in [0.15, 0.2) is 36.4 Å². The van der Waals surface area contributed by atoms with Crippen molar-refractivity contribution in [1.29, 1.82) is 0 Å². The van der Waals surface area contributed by atoms with Crippen molar-refractivity contribution in [2.24, 2.45) is 0 Å². The van der Waals surface area contributed by atoms with E-state index < -0.39 is 4.92 Å². The third-order valence-electron chi connectivity index (χ3n) is 4.03. The molecular weight excluding hydrogens is 300 g/mol. The molecule has 4 rings (SSSR count). The van der Waals surface area contributed by atoms with Gasteiger partial charge in [0.05, 0.1) is 4.92 Å². The van der Waals surface area contributed by atoms with E-state index in [1.165, 1.54) is 11.0 Å². The molecule has 0 atom stereocenters. The highest BCUT2D eigenvalue weighted by atomic mass is 16.7. The van der Waals surface area contributed by atoms with E-state index in [2.05, 4.69) is 0 Å². The summed E-state index contributed by atoms with van der Waals surface area (Å²) in [6.07, 6.45) is 0.604. The van der Waals surface area contributed by atoms with Gasteiger partial charge < -0.3 is 14.4 Å². The summed E-state index contributed by atoms with van der Waals surface area (Å²) >= 11 is 0. The molecule has 2 aliphatic rings. The summed E-state index contributed by atoms with van der Waals surface area (Å²) in [5.74, 6) is 0.823. The van der Waals surface area contributed by atoms with Crippen LogP contribution in [0.1, 0.15) is 15.9 Å². The molecule has 0 aliphatic carbocycles.